The van der Waals surface area contributed by atoms with Gasteiger partial charge >= 0.3 is 11.9 Å². The molecule has 0 spiro atoms. The van der Waals surface area contributed by atoms with Crippen LogP contribution >= 0.6 is 0 Å². The van der Waals surface area contributed by atoms with Gasteiger partial charge in [0.2, 0.25) is 0 Å². The van der Waals surface area contributed by atoms with E-state index in [1.165, 1.54) is 77.0 Å². The number of carbonyl (C=O) groups excluding carboxylic acids is 2. The Morgan fingerprint density at radius 3 is 1.22 bits per heavy atom. The topological polar surface area (TPSA) is 80.3 Å². The number of nitrogens with zero attached hydrogens (tertiary/aromatic N) is 2. The van der Waals surface area contributed by atoms with E-state index in [0.29, 0.717) is 74.9 Å². The van der Waals surface area contributed by atoms with E-state index in [0.717, 1.165) is 38.8 Å². The predicted molar refractivity (Wildman–Crippen MR) is 186 cm³/mol. The molecular weight excluding hydrogens is 584 g/mol. The standard InChI is InChI=1S/C37H74N2O7/c1-7-9-11-13-15-17-19-21-25-45-35(40)29-38(3,4)23-27-42-31-37(33-44-34-37)32-43-28-24-39(5,6)30-36(41)46-26-22-20-18-16-14-12-10-8-2/h7-34H2,1-6H3/q+2. The zero-order valence-electron chi connectivity index (χ0n) is 31.1. The highest BCUT2D eigenvalue weighted by atomic mass is 16.5. The van der Waals surface area contributed by atoms with Crippen LogP contribution in [0.1, 0.15) is 117 Å². The Morgan fingerprint density at radius 1 is 0.543 bits per heavy atom. The van der Waals surface area contributed by atoms with Crippen LogP contribution in [0.3, 0.4) is 0 Å². The average molecular weight is 659 g/mol. The van der Waals surface area contributed by atoms with Crippen LogP contribution in [0.2, 0.25) is 0 Å². The molecule has 0 unspecified atom stereocenters. The molecule has 9 heteroatoms. The van der Waals surface area contributed by atoms with E-state index in [1.807, 2.05) is 28.2 Å². The first-order chi connectivity index (χ1) is 22.0. The van der Waals surface area contributed by atoms with Crippen LogP contribution in [0.4, 0.5) is 0 Å². The number of rotatable bonds is 32. The van der Waals surface area contributed by atoms with Crippen molar-refractivity contribution >= 4 is 11.9 Å². The molecule has 1 aliphatic rings. The lowest BCUT2D eigenvalue weighted by atomic mass is 9.88. The van der Waals surface area contributed by atoms with Crippen LogP contribution in [0.25, 0.3) is 0 Å². The van der Waals surface area contributed by atoms with E-state index in [4.69, 9.17) is 23.7 Å². The summed E-state index contributed by atoms with van der Waals surface area (Å²) in [6.45, 7) is 11.2. The van der Waals surface area contributed by atoms with Crippen LogP contribution in [0.5, 0.6) is 0 Å². The summed E-state index contributed by atoms with van der Waals surface area (Å²) in [4.78, 5) is 24.7. The summed E-state index contributed by atoms with van der Waals surface area (Å²) >= 11 is 0. The van der Waals surface area contributed by atoms with Crippen molar-refractivity contribution < 1.29 is 42.2 Å². The third kappa shape index (κ3) is 23.1. The van der Waals surface area contributed by atoms with Crippen molar-refractivity contribution in [1.82, 2.24) is 0 Å². The molecule has 1 fully saturated rings. The fourth-order valence-electron chi connectivity index (χ4n) is 5.59. The van der Waals surface area contributed by atoms with Gasteiger partial charge in [-0.1, -0.05) is 104 Å². The SMILES string of the molecule is CCCCCCCCCCOC(=O)C[N+](C)(C)CCOCC1(COCC[N+](C)(C)CC(=O)OCCCCCCCCCC)COC1. The fraction of sp³-hybridized carbons (Fsp3) is 0.946. The number of ether oxygens (including phenoxy) is 5. The molecule has 0 saturated carbocycles. The molecule has 0 radical (unpaired) electrons. The molecule has 46 heavy (non-hydrogen) atoms. The van der Waals surface area contributed by atoms with Gasteiger partial charge in [0.15, 0.2) is 13.1 Å². The summed E-state index contributed by atoms with van der Waals surface area (Å²) in [5, 5.41) is 0. The van der Waals surface area contributed by atoms with Gasteiger partial charge in [0.1, 0.15) is 13.1 Å². The Kier molecular flexibility index (Phi) is 23.9. The first-order valence-corrected chi connectivity index (χ1v) is 18.7. The first kappa shape index (κ1) is 42.8. The average Bonchev–Trinajstić information content (AvgIpc) is 2.97. The molecule has 9 nitrogen and oxygen atoms in total. The Labute approximate surface area is 283 Å². The van der Waals surface area contributed by atoms with Crippen molar-refractivity contribution in [2.24, 2.45) is 5.41 Å². The van der Waals surface area contributed by atoms with E-state index in [9.17, 15) is 9.59 Å². The zero-order valence-corrected chi connectivity index (χ0v) is 31.1. The van der Waals surface area contributed by atoms with Gasteiger partial charge in [-0.25, -0.2) is 9.59 Å². The number of hydrogen-bond acceptors (Lipinski definition) is 7. The summed E-state index contributed by atoms with van der Waals surface area (Å²) in [5.41, 5.74) is -0.127. The maximum absolute atomic E-state index is 12.4. The molecule has 0 aliphatic carbocycles. The molecule has 0 atom stereocenters. The Bertz CT molecular complexity index is 713. The molecule has 1 heterocycles. The number of carbonyl (C=O) groups is 2. The molecule has 0 aromatic rings. The molecule has 1 aliphatic heterocycles. The molecule has 1 rings (SSSR count). The molecule has 0 aromatic carbocycles. The number of likely N-dealkylation sites (N-methyl/N-ethyl adjacent to an activating group) is 2. The summed E-state index contributed by atoms with van der Waals surface area (Å²) in [6.07, 6.45) is 19.7. The van der Waals surface area contributed by atoms with Gasteiger partial charge in [-0.15, -0.1) is 0 Å². The van der Waals surface area contributed by atoms with Gasteiger partial charge in [0.05, 0.1) is 86.5 Å². The number of quaternary nitrogens is 2. The lowest BCUT2D eigenvalue weighted by Gasteiger charge is -2.41. The van der Waals surface area contributed by atoms with Crippen LogP contribution < -0.4 is 0 Å². The number of unbranched alkanes of at least 4 members (excludes halogenated alkanes) is 14. The van der Waals surface area contributed by atoms with E-state index in [-0.39, 0.29) is 17.4 Å². The number of hydrogen-bond donors (Lipinski definition) is 0. The van der Waals surface area contributed by atoms with Crippen LogP contribution in [0.15, 0.2) is 0 Å². The van der Waals surface area contributed by atoms with Gasteiger partial charge in [-0.3, -0.25) is 0 Å². The fourth-order valence-corrected chi connectivity index (χ4v) is 5.59. The number of esters is 2. The van der Waals surface area contributed by atoms with Crippen molar-refractivity contribution in [2.45, 2.75) is 117 Å². The zero-order chi connectivity index (χ0) is 34.0. The van der Waals surface area contributed by atoms with Gasteiger partial charge in [-0.2, -0.15) is 0 Å². The predicted octanol–water partition coefficient (Wildman–Crippen LogP) is 6.56. The molecule has 0 amide bonds. The molecular formula is C37H74N2O7+2. The summed E-state index contributed by atoms with van der Waals surface area (Å²) in [7, 11) is 8.16. The Balaban J connectivity index is 2.13. The highest BCUT2D eigenvalue weighted by molar-refractivity contribution is 5.70. The van der Waals surface area contributed by atoms with E-state index in [1.54, 1.807) is 0 Å². The summed E-state index contributed by atoms with van der Waals surface area (Å²) in [5.74, 6) is -0.272. The third-order valence-corrected chi connectivity index (χ3v) is 8.95. The largest absolute Gasteiger partial charge is 0.462 e. The molecule has 0 bridgehead atoms. The van der Waals surface area contributed by atoms with Crippen LogP contribution in [-0.2, 0) is 33.3 Å². The minimum absolute atomic E-state index is 0.127. The van der Waals surface area contributed by atoms with Gasteiger partial charge < -0.3 is 32.7 Å². The van der Waals surface area contributed by atoms with Crippen molar-refractivity contribution in [3.05, 3.63) is 0 Å². The van der Waals surface area contributed by atoms with Crippen molar-refractivity contribution in [1.29, 1.82) is 0 Å². The van der Waals surface area contributed by atoms with Gasteiger partial charge in [0, 0.05) is 0 Å². The normalized spacial score (nSPS) is 14.7. The Morgan fingerprint density at radius 2 is 0.891 bits per heavy atom. The smallest absolute Gasteiger partial charge is 0.361 e. The highest BCUT2D eigenvalue weighted by Crippen LogP contribution is 2.28. The van der Waals surface area contributed by atoms with Crippen molar-refractivity contribution in [3.8, 4) is 0 Å². The minimum atomic E-state index is -0.136. The van der Waals surface area contributed by atoms with Crippen LogP contribution in [-0.4, -0.2) is 128 Å². The first-order valence-electron chi connectivity index (χ1n) is 18.7. The van der Waals surface area contributed by atoms with Crippen molar-refractivity contribution in [2.75, 3.05) is 107 Å². The van der Waals surface area contributed by atoms with Crippen molar-refractivity contribution in [3.63, 3.8) is 0 Å². The van der Waals surface area contributed by atoms with E-state index < -0.39 is 0 Å². The van der Waals surface area contributed by atoms with Gasteiger partial charge in [0.25, 0.3) is 0 Å². The second-order valence-electron chi connectivity index (χ2n) is 15.1. The Hall–Kier alpha value is -1.26. The quantitative estimate of drug-likeness (QED) is 0.0460. The second-order valence-corrected chi connectivity index (χ2v) is 15.1. The highest BCUT2D eigenvalue weighted by Gasteiger charge is 2.40. The summed E-state index contributed by atoms with van der Waals surface area (Å²) < 4.78 is 29.7. The van der Waals surface area contributed by atoms with Crippen LogP contribution in [0, 0.1) is 5.41 Å². The molecule has 0 N–H and O–H groups in total. The van der Waals surface area contributed by atoms with E-state index >= 15 is 0 Å². The van der Waals surface area contributed by atoms with E-state index in [2.05, 4.69) is 13.8 Å². The molecule has 1 saturated heterocycles. The molecule has 0 aromatic heterocycles. The summed E-state index contributed by atoms with van der Waals surface area (Å²) in [6, 6.07) is 0. The lowest BCUT2D eigenvalue weighted by molar-refractivity contribution is -0.883. The lowest BCUT2D eigenvalue weighted by Crippen LogP contribution is -2.52. The minimum Gasteiger partial charge on any atom is -0.462 e. The maximum Gasteiger partial charge on any atom is 0.361 e. The monoisotopic (exact) mass is 659 g/mol. The maximum atomic E-state index is 12.4. The molecule has 272 valence electrons. The second kappa shape index (κ2) is 25.7. The third-order valence-electron chi connectivity index (χ3n) is 8.95. The van der Waals surface area contributed by atoms with Gasteiger partial charge in [-0.05, 0) is 12.8 Å².